The van der Waals surface area contributed by atoms with Crippen molar-refractivity contribution in [1.29, 1.82) is 0 Å². The van der Waals surface area contributed by atoms with Gasteiger partial charge in [-0.1, -0.05) is 22.0 Å². The normalized spacial score (nSPS) is 11.4. The third kappa shape index (κ3) is 3.38. The van der Waals surface area contributed by atoms with Crippen LogP contribution in [-0.2, 0) is 6.18 Å². The van der Waals surface area contributed by atoms with Gasteiger partial charge < -0.3 is 10.5 Å². The molecule has 106 valence electrons. The first kappa shape index (κ1) is 14.6. The Kier molecular flexibility index (Phi) is 3.85. The molecular weight excluding hydrogens is 339 g/mol. The molecule has 0 saturated carbocycles. The first-order chi connectivity index (χ1) is 9.25. The lowest BCUT2D eigenvalue weighted by atomic mass is 10.2. The molecule has 2 N–H and O–H groups in total. The maximum atomic E-state index is 12.6. The highest BCUT2D eigenvalue weighted by molar-refractivity contribution is 9.10. The highest BCUT2D eigenvalue weighted by Crippen LogP contribution is 2.32. The predicted molar refractivity (Wildman–Crippen MR) is 70.4 cm³/mol. The van der Waals surface area contributed by atoms with Crippen molar-refractivity contribution in [2.75, 3.05) is 5.73 Å². The Morgan fingerprint density at radius 3 is 2.55 bits per heavy atom. The van der Waals surface area contributed by atoms with Gasteiger partial charge in [-0.3, -0.25) is 0 Å². The summed E-state index contributed by atoms with van der Waals surface area (Å²) >= 11 is 3.25. The summed E-state index contributed by atoms with van der Waals surface area (Å²) in [5.74, 6) is -0.376. The average molecular weight is 348 g/mol. The number of nitrogens with zero attached hydrogens (tertiary/aromatic N) is 2. The molecule has 0 bridgehead atoms. The van der Waals surface area contributed by atoms with E-state index in [9.17, 15) is 13.2 Å². The minimum atomic E-state index is -4.61. The Morgan fingerprint density at radius 1 is 1.20 bits per heavy atom. The second-order valence-electron chi connectivity index (χ2n) is 3.96. The molecule has 2 aromatic rings. The molecule has 0 aliphatic heterocycles. The van der Waals surface area contributed by atoms with Crippen molar-refractivity contribution in [3.8, 4) is 11.6 Å². The molecule has 1 aromatic carbocycles. The van der Waals surface area contributed by atoms with E-state index < -0.39 is 17.8 Å². The largest absolute Gasteiger partial charge is 0.439 e. The van der Waals surface area contributed by atoms with Crippen LogP contribution >= 0.6 is 15.9 Å². The third-order valence-electron chi connectivity index (χ3n) is 2.38. The summed E-state index contributed by atoms with van der Waals surface area (Å²) in [6, 6.07) is 5.88. The van der Waals surface area contributed by atoms with E-state index in [2.05, 4.69) is 25.9 Å². The highest BCUT2D eigenvalue weighted by atomic mass is 79.9. The summed E-state index contributed by atoms with van der Waals surface area (Å²) in [5, 5.41) is 0. The SMILES string of the molecule is Cc1ccc(Br)cc1Oc1cc(C(F)(F)F)nc(N)n1. The fourth-order valence-corrected chi connectivity index (χ4v) is 1.78. The maximum absolute atomic E-state index is 12.6. The number of alkyl halides is 3. The fraction of sp³-hybridized carbons (Fsp3) is 0.167. The van der Waals surface area contributed by atoms with Crippen LogP contribution in [0.15, 0.2) is 28.7 Å². The van der Waals surface area contributed by atoms with E-state index in [-0.39, 0.29) is 5.88 Å². The van der Waals surface area contributed by atoms with Crippen molar-refractivity contribution in [2.24, 2.45) is 0 Å². The van der Waals surface area contributed by atoms with Crippen molar-refractivity contribution >= 4 is 21.9 Å². The van der Waals surface area contributed by atoms with Crippen molar-refractivity contribution in [1.82, 2.24) is 9.97 Å². The molecule has 20 heavy (non-hydrogen) atoms. The topological polar surface area (TPSA) is 61.0 Å². The minimum Gasteiger partial charge on any atom is -0.439 e. The van der Waals surface area contributed by atoms with E-state index in [0.29, 0.717) is 11.8 Å². The highest BCUT2D eigenvalue weighted by Gasteiger charge is 2.33. The summed E-state index contributed by atoms with van der Waals surface area (Å²) in [4.78, 5) is 6.78. The molecule has 0 atom stereocenters. The number of hydrogen-bond donors (Lipinski definition) is 1. The van der Waals surface area contributed by atoms with E-state index in [1.54, 1.807) is 25.1 Å². The zero-order valence-electron chi connectivity index (χ0n) is 10.2. The van der Waals surface area contributed by atoms with Gasteiger partial charge in [0, 0.05) is 10.5 Å². The van der Waals surface area contributed by atoms with E-state index >= 15 is 0 Å². The van der Waals surface area contributed by atoms with Crippen LogP contribution in [-0.4, -0.2) is 9.97 Å². The second-order valence-corrected chi connectivity index (χ2v) is 4.87. The molecular formula is C12H9BrF3N3O. The van der Waals surface area contributed by atoms with Crippen LogP contribution in [0.4, 0.5) is 19.1 Å². The minimum absolute atomic E-state index is 0.258. The molecule has 8 heteroatoms. The molecule has 1 heterocycles. The van der Waals surface area contributed by atoms with E-state index in [4.69, 9.17) is 10.5 Å². The van der Waals surface area contributed by atoms with Gasteiger partial charge in [-0.15, -0.1) is 0 Å². The molecule has 0 aliphatic rings. The standard InChI is InChI=1S/C12H9BrF3N3O/c1-6-2-3-7(13)4-8(6)20-10-5-9(12(14,15)16)18-11(17)19-10/h2-5H,1H3,(H2,17,18,19). The molecule has 0 unspecified atom stereocenters. The predicted octanol–water partition coefficient (Wildman–Crippen LogP) is 3.94. The number of aryl methyl sites for hydroxylation is 1. The Hall–Kier alpha value is -1.83. The van der Waals surface area contributed by atoms with E-state index in [1.165, 1.54) is 0 Å². The van der Waals surface area contributed by atoms with Crippen molar-refractivity contribution in [3.63, 3.8) is 0 Å². The quantitative estimate of drug-likeness (QED) is 0.893. The smallest absolute Gasteiger partial charge is 0.433 e. The first-order valence-electron chi connectivity index (χ1n) is 5.41. The Morgan fingerprint density at radius 2 is 1.90 bits per heavy atom. The van der Waals surface area contributed by atoms with Crippen LogP contribution in [0.3, 0.4) is 0 Å². The maximum Gasteiger partial charge on any atom is 0.433 e. The molecule has 0 radical (unpaired) electrons. The number of hydrogen-bond acceptors (Lipinski definition) is 4. The lowest BCUT2D eigenvalue weighted by molar-refractivity contribution is -0.141. The number of halogens is 4. The number of benzene rings is 1. The monoisotopic (exact) mass is 347 g/mol. The van der Waals surface area contributed by atoms with Crippen molar-refractivity contribution in [3.05, 3.63) is 40.0 Å². The summed E-state index contributed by atoms with van der Waals surface area (Å²) in [6.07, 6.45) is -4.61. The van der Waals surface area contributed by atoms with Crippen LogP contribution < -0.4 is 10.5 Å². The number of rotatable bonds is 2. The first-order valence-corrected chi connectivity index (χ1v) is 6.21. The van der Waals surface area contributed by atoms with Gasteiger partial charge >= 0.3 is 6.18 Å². The van der Waals surface area contributed by atoms with Gasteiger partial charge in [0.25, 0.3) is 0 Å². The summed E-state index contributed by atoms with van der Waals surface area (Å²) in [5.41, 5.74) is 4.87. The van der Waals surface area contributed by atoms with Gasteiger partial charge in [0.15, 0.2) is 5.69 Å². The van der Waals surface area contributed by atoms with Crippen LogP contribution in [0.1, 0.15) is 11.3 Å². The number of nitrogens with two attached hydrogens (primary N) is 1. The molecule has 0 amide bonds. The van der Waals surface area contributed by atoms with E-state index in [1.807, 2.05) is 0 Å². The van der Waals surface area contributed by atoms with Gasteiger partial charge in [0.2, 0.25) is 11.8 Å². The van der Waals surface area contributed by atoms with Gasteiger partial charge in [0.1, 0.15) is 5.75 Å². The Bertz CT molecular complexity index is 646. The third-order valence-corrected chi connectivity index (χ3v) is 2.87. The van der Waals surface area contributed by atoms with Crippen molar-refractivity contribution < 1.29 is 17.9 Å². The van der Waals surface area contributed by atoms with Crippen LogP contribution in [0, 0.1) is 6.92 Å². The zero-order valence-corrected chi connectivity index (χ0v) is 11.8. The van der Waals surface area contributed by atoms with Gasteiger partial charge in [-0.25, -0.2) is 4.98 Å². The molecule has 2 rings (SSSR count). The summed E-state index contributed by atoms with van der Waals surface area (Å²) in [6.45, 7) is 1.76. The lowest BCUT2D eigenvalue weighted by Gasteiger charge is -2.11. The molecule has 0 spiro atoms. The summed E-state index contributed by atoms with van der Waals surface area (Å²) in [7, 11) is 0. The van der Waals surface area contributed by atoms with Crippen LogP contribution in [0.2, 0.25) is 0 Å². The zero-order chi connectivity index (χ0) is 14.9. The van der Waals surface area contributed by atoms with Gasteiger partial charge in [-0.2, -0.15) is 18.2 Å². The number of anilines is 1. The van der Waals surface area contributed by atoms with Gasteiger partial charge in [0.05, 0.1) is 0 Å². The Labute approximate surface area is 120 Å². The number of nitrogen functional groups attached to an aromatic ring is 1. The second kappa shape index (κ2) is 5.28. The van der Waals surface area contributed by atoms with Crippen LogP contribution in [0.25, 0.3) is 0 Å². The lowest BCUT2D eigenvalue weighted by Crippen LogP contribution is -2.11. The molecule has 1 aromatic heterocycles. The van der Waals surface area contributed by atoms with Crippen molar-refractivity contribution in [2.45, 2.75) is 13.1 Å². The van der Waals surface area contributed by atoms with Gasteiger partial charge in [-0.05, 0) is 24.6 Å². The summed E-state index contributed by atoms with van der Waals surface area (Å²) < 4.78 is 43.9. The molecule has 4 nitrogen and oxygen atoms in total. The molecule has 0 fully saturated rings. The number of ether oxygens (including phenoxy) is 1. The van der Waals surface area contributed by atoms with E-state index in [0.717, 1.165) is 10.0 Å². The molecule has 0 aliphatic carbocycles. The molecule has 0 saturated heterocycles. The fourth-order valence-electron chi connectivity index (χ4n) is 1.44. The average Bonchev–Trinajstić information content (AvgIpc) is 2.32. The number of aromatic nitrogens is 2. The van der Waals surface area contributed by atoms with Crippen LogP contribution in [0.5, 0.6) is 11.6 Å². The Balaban J connectivity index is 2.39.